The van der Waals surface area contributed by atoms with E-state index in [2.05, 4.69) is 10.1 Å². The summed E-state index contributed by atoms with van der Waals surface area (Å²) in [6.07, 6.45) is 2.83. The van der Waals surface area contributed by atoms with Gasteiger partial charge in [0.25, 0.3) is 10.0 Å². The van der Waals surface area contributed by atoms with Crippen molar-refractivity contribution in [2.75, 3.05) is 0 Å². The van der Waals surface area contributed by atoms with Crippen LogP contribution in [0.15, 0.2) is 23.6 Å². The Labute approximate surface area is 98.9 Å². The SMILES string of the molecule is Cc1cc(Cn2cnc(S(N)(=O)=O)c2)n(C)n1. The minimum atomic E-state index is -3.73. The van der Waals surface area contributed by atoms with E-state index < -0.39 is 10.0 Å². The Hall–Kier alpha value is -1.67. The van der Waals surface area contributed by atoms with Gasteiger partial charge >= 0.3 is 0 Å². The third kappa shape index (κ3) is 2.53. The maximum atomic E-state index is 11.1. The molecule has 0 aliphatic carbocycles. The van der Waals surface area contributed by atoms with Crippen LogP contribution in [0.25, 0.3) is 0 Å². The van der Waals surface area contributed by atoms with Crippen molar-refractivity contribution in [1.82, 2.24) is 19.3 Å². The third-order valence-corrected chi connectivity index (χ3v) is 3.14. The van der Waals surface area contributed by atoms with Gasteiger partial charge in [0.05, 0.1) is 24.3 Å². The number of aryl methyl sites for hydroxylation is 2. The number of nitrogens with two attached hydrogens (primary N) is 1. The van der Waals surface area contributed by atoms with Crippen molar-refractivity contribution in [3.05, 3.63) is 30.0 Å². The Bertz CT molecular complexity index is 640. The zero-order valence-electron chi connectivity index (χ0n) is 9.53. The lowest BCUT2D eigenvalue weighted by Gasteiger charge is -2.01. The standard InChI is InChI=1S/C9H13N5O2S/c1-7-3-8(13(2)12-7)4-14-5-9(11-6-14)17(10,15)16/h3,5-6H,4H2,1-2H3,(H2,10,15,16). The monoisotopic (exact) mass is 255 g/mol. The topological polar surface area (TPSA) is 95.8 Å². The van der Waals surface area contributed by atoms with Crippen LogP contribution in [0.5, 0.6) is 0 Å². The quantitative estimate of drug-likeness (QED) is 0.808. The first-order chi connectivity index (χ1) is 7.86. The zero-order valence-corrected chi connectivity index (χ0v) is 10.3. The van der Waals surface area contributed by atoms with Gasteiger partial charge in [0, 0.05) is 13.2 Å². The summed E-state index contributed by atoms with van der Waals surface area (Å²) in [4.78, 5) is 3.74. The van der Waals surface area contributed by atoms with Crippen molar-refractivity contribution in [2.45, 2.75) is 18.5 Å². The van der Waals surface area contributed by atoms with E-state index in [0.717, 1.165) is 11.4 Å². The Balaban J connectivity index is 2.26. The van der Waals surface area contributed by atoms with Crippen LogP contribution in [0.4, 0.5) is 0 Å². The molecule has 17 heavy (non-hydrogen) atoms. The van der Waals surface area contributed by atoms with Crippen LogP contribution in [0.1, 0.15) is 11.4 Å². The van der Waals surface area contributed by atoms with Crippen LogP contribution in [0.3, 0.4) is 0 Å². The fraction of sp³-hybridized carbons (Fsp3) is 0.333. The molecular weight excluding hydrogens is 242 g/mol. The molecule has 2 aromatic rings. The van der Waals surface area contributed by atoms with Crippen molar-refractivity contribution >= 4 is 10.0 Å². The number of primary sulfonamides is 1. The largest absolute Gasteiger partial charge is 0.330 e. The smallest absolute Gasteiger partial charge is 0.257 e. The Morgan fingerprint density at radius 3 is 2.65 bits per heavy atom. The lowest BCUT2D eigenvalue weighted by molar-refractivity contribution is 0.594. The molecule has 0 spiro atoms. The Morgan fingerprint density at radius 2 is 2.18 bits per heavy atom. The van der Waals surface area contributed by atoms with Crippen molar-refractivity contribution in [2.24, 2.45) is 12.2 Å². The summed E-state index contributed by atoms with van der Waals surface area (Å²) < 4.78 is 25.5. The molecule has 0 radical (unpaired) electrons. The minimum absolute atomic E-state index is 0.128. The highest BCUT2D eigenvalue weighted by atomic mass is 32.2. The fourth-order valence-electron chi connectivity index (χ4n) is 1.57. The number of sulfonamides is 1. The van der Waals surface area contributed by atoms with Gasteiger partial charge in [-0.05, 0) is 13.0 Å². The molecule has 0 amide bonds. The molecule has 2 heterocycles. The van der Waals surface area contributed by atoms with E-state index in [9.17, 15) is 8.42 Å². The summed E-state index contributed by atoms with van der Waals surface area (Å²) in [7, 11) is -1.90. The molecule has 2 rings (SSSR count). The van der Waals surface area contributed by atoms with E-state index in [1.807, 2.05) is 20.0 Å². The van der Waals surface area contributed by atoms with Gasteiger partial charge in [-0.25, -0.2) is 18.5 Å². The van der Waals surface area contributed by atoms with Gasteiger partial charge in [0.1, 0.15) is 0 Å². The Kier molecular flexibility index (Phi) is 2.76. The summed E-state index contributed by atoms with van der Waals surface area (Å²) >= 11 is 0. The van der Waals surface area contributed by atoms with Crippen LogP contribution < -0.4 is 5.14 Å². The highest BCUT2D eigenvalue weighted by molar-refractivity contribution is 7.89. The first-order valence-corrected chi connectivity index (χ1v) is 6.45. The average molecular weight is 255 g/mol. The maximum absolute atomic E-state index is 11.1. The van der Waals surface area contributed by atoms with Gasteiger partial charge in [-0.2, -0.15) is 5.10 Å². The molecule has 0 fully saturated rings. The molecule has 0 aliphatic rings. The normalized spacial score (nSPS) is 11.9. The molecular formula is C9H13N5O2S. The number of hydrogen-bond acceptors (Lipinski definition) is 4. The van der Waals surface area contributed by atoms with Gasteiger partial charge in [0.2, 0.25) is 0 Å². The van der Waals surface area contributed by atoms with Gasteiger partial charge in [-0.15, -0.1) is 0 Å². The molecule has 0 aliphatic heterocycles. The highest BCUT2D eigenvalue weighted by Crippen LogP contribution is 2.07. The first-order valence-electron chi connectivity index (χ1n) is 4.90. The van der Waals surface area contributed by atoms with E-state index in [-0.39, 0.29) is 5.03 Å². The summed E-state index contributed by atoms with van der Waals surface area (Å²) in [5.74, 6) is 0. The second-order valence-electron chi connectivity index (χ2n) is 3.83. The number of hydrogen-bond donors (Lipinski definition) is 1. The van der Waals surface area contributed by atoms with Crippen molar-refractivity contribution in [1.29, 1.82) is 0 Å². The molecule has 7 nitrogen and oxygen atoms in total. The van der Waals surface area contributed by atoms with E-state index in [1.165, 1.54) is 12.5 Å². The van der Waals surface area contributed by atoms with Gasteiger partial charge < -0.3 is 4.57 Å². The molecule has 0 unspecified atom stereocenters. The van der Waals surface area contributed by atoms with Gasteiger partial charge in [-0.1, -0.05) is 0 Å². The van der Waals surface area contributed by atoms with Crippen molar-refractivity contribution < 1.29 is 8.42 Å². The third-order valence-electron chi connectivity index (χ3n) is 2.34. The molecule has 92 valence electrons. The summed E-state index contributed by atoms with van der Waals surface area (Å²) in [6, 6.07) is 1.93. The maximum Gasteiger partial charge on any atom is 0.257 e. The average Bonchev–Trinajstić information content (AvgIpc) is 2.74. The molecule has 8 heteroatoms. The van der Waals surface area contributed by atoms with Crippen LogP contribution in [-0.4, -0.2) is 27.7 Å². The Morgan fingerprint density at radius 1 is 1.47 bits per heavy atom. The summed E-state index contributed by atoms with van der Waals surface area (Å²) in [5, 5.41) is 9.05. The first kappa shape index (κ1) is 11.8. The highest BCUT2D eigenvalue weighted by Gasteiger charge is 2.12. The molecule has 2 aromatic heterocycles. The van der Waals surface area contributed by atoms with Crippen LogP contribution in [0.2, 0.25) is 0 Å². The van der Waals surface area contributed by atoms with Gasteiger partial charge in [-0.3, -0.25) is 4.68 Å². The second kappa shape index (κ2) is 3.97. The second-order valence-corrected chi connectivity index (χ2v) is 5.34. The summed E-state index contributed by atoms with van der Waals surface area (Å²) in [5.41, 5.74) is 1.87. The van der Waals surface area contributed by atoms with Crippen molar-refractivity contribution in [3.63, 3.8) is 0 Å². The lowest BCUT2D eigenvalue weighted by Crippen LogP contribution is -2.12. The number of rotatable bonds is 3. The molecule has 0 aromatic carbocycles. The molecule has 0 saturated carbocycles. The fourth-order valence-corrected chi connectivity index (χ4v) is 2.05. The zero-order chi connectivity index (χ0) is 12.6. The minimum Gasteiger partial charge on any atom is -0.330 e. The predicted molar refractivity (Wildman–Crippen MR) is 60.6 cm³/mol. The van der Waals surface area contributed by atoms with Crippen LogP contribution in [-0.2, 0) is 23.6 Å². The van der Waals surface area contributed by atoms with E-state index >= 15 is 0 Å². The molecule has 0 bridgehead atoms. The molecule has 2 N–H and O–H groups in total. The number of nitrogens with zero attached hydrogens (tertiary/aromatic N) is 4. The van der Waals surface area contributed by atoms with E-state index in [0.29, 0.717) is 6.54 Å². The van der Waals surface area contributed by atoms with Gasteiger partial charge in [0.15, 0.2) is 5.03 Å². The van der Waals surface area contributed by atoms with E-state index in [4.69, 9.17) is 5.14 Å². The number of imidazole rings is 1. The summed E-state index contributed by atoms with van der Waals surface area (Å²) in [6.45, 7) is 2.40. The molecule has 0 atom stereocenters. The lowest BCUT2D eigenvalue weighted by atomic mass is 10.3. The predicted octanol–water partition coefficient (Wildman–Crippen LogP) is -0.379. The van der Waals surface area contributed by atoms with Crippen LogP contribution >= 0.6 is 0 Å². The van der Waals surface area contributed by atoms with Crippen LogP contribution in [0, 0.1) is 6.92 Å². The molecule has 0 saturated heterocycles. The van der Waals surface area contributed by atoms with E-state index in [1.54, 1.807) is 9.25 Å². The number of aromatic nitrogens is 4. The van der Waals surface area contributed by atoms with Crippen molar-refractivity contribution in [3.8, 4) is 0 Å².